The number of carbonyl (C=O) groups is 1. The topological polar surface area (TPSA) is 111 Å². The number of hydrogen-bond donors (Lipinski definition) is 2. The van der Waals surface area contributed by atoms with Crippen molar-refractivity contribution in [2.45, 2.75) is 20.5 Å². The molecule has 0 saturated carbocycles. The summed E-state index contributed by atoms with van der Waals surface area (Å²) in [6.07, 6.45) is 1.52. The molecular formula is C18H19N5O4. The second-order valence-corrected chi connectivity index (χ2v) is 5.62. The van der Waals surface area contributed by atoms with Gasteiger partial charge in [-0.05, 0) is 32.0 Å². The van der Waals surface area contributed by atoms with Crippen LogP contribution in [0.2, 0.25) is 0 Å². The predicted octanol–water partition coefficient (Wildman–Crippen LogP) is 2.43. The number of benzene rings is 1. The van der Waals surface area contributed by atoms with Crippen molar-refractivity contribution in [2.24, 2.45) is 0 Å². The molecule has 0 aliphatic heterocycles. The van der Waals surface area contributed by atoms with E-state index in [9.17, 15) is 4.79 Å². The first-order valence-electron chi connectivity index (χ1n) is 8.15. The van der Waals surface area contributed by atoms with E-state index in [-0.39, 0.29) is 11.9 Å². The van der Waals surface area contributed by atoms with Gasteiger partial charge in [-0.25, -0.2) is 4.98 Å². The second kappa shape index (κ2) is 8.17. The first kappa shape index (κ1) is 18.2. The summed E-state index contributed by atoms with van der Waals surface area (Å²) >= 11 is 0. The lowest BCUT2D eigenvalue weighted by Gasteiger charge is -2.10. The third-order valence-corrected chi connectivity index (χ3v) is 3.79. The van der Waals surface area contributed by atoms with Crippen molar-refractivity contribution >= 4 is 11.9 Å². The Hall–Kier alpha value is -3.62. The zero-order valence-corrected chi connectivity index (χ0v) is 15.1. The molecule has 0 unspecified atom stereocenters. The Morgan fingerprint density at radius 3 is 2.85 bits per heavy atom. The molecule has 0 saturated heterocycles. The summed E-state index contributed by atoms with van der Waals surface area (Å²) < 4.78 is 15.9. The molecule has 2 heterocycles. The van der Waals surface area contributed by atoms with Gasteiger partial charge in [0.05, 0.1) is 18.4 Å². The maximum absolute atomic E-state index is 12.3. The van der Waals surface area contributed by atoms with E-state index in [1.165, 1.54) is 13.3 Å². The predicted molar refractivity (Wildman–Crippen MR) is 96.4 cm³/mol. The van der Waals surface area contributed by atoms with E-state index >= 15 is 0 Å². The molecule has 0 aliphatic carbocycles. The summed E-state index contributed by atoms with van der Waals surface area (Å²) in [6.45, 7) is 3.99. The molecular weight excluding hydrogens is 350 g/mol. The fourth-order valence-corrected chi connectivity index (χ4v) is 2.29. The summed E-state index contributed by atoms with van der Waals surface area (Å²) in [5, 5.41) is 3.89. The van der Waals surface area contributed by atoms with Gasteiger partial charge in [-0.15, -0.1) is 0 Å². The summed E-state index contributed by atoms with van der Waals surface area (Å²) in [7, 11) is 1.50. The van der Waals surface area contributed by atoms with Gasteiger partial charge in [0.2, 0.25) is 11.8 Å². The number of aromatic nitrogens is 3. The Balaban J connectivity index is 1.61. The molecule has 27 heavy (non-hydrogen) atoms. The fraction of sp³-hybridized carbons (Fsp3) is 0.222. The van der Waals surface area contributed by atoms with Gasteiger partial charge in [0, 0.05) is 17.8 Å². The molecule has 0 fully saturated rings. The number of methoxy groups -OCH3 is 1. The van der Waals surface area contributed by atoms with Crippen LogP contribution in [0.4, 0.5) is 5.95 Å². The number of carbonyl (C=O) groups excluding carboxylic acids is 1. The van der Waals surface area contributed by atoms with Crippen LogP contribution in [0.3, 0.4) is 0 Å². The van der Waals surface area contributed by atoms with Gasteiger partial charge in [-0.3, -0.25) is 15.6 Å². The third-order valence-electron chi connectivity index (χ3n) is 3.79. The highest BCUT2D eigenvalue weighted by Gasteiger charge is 2.11. The van der Waals surface area contributed by atoms with Crippen molar-refractivity contribution in [1.82, 2.24) is 20.6 Å². The minimum atomic E-state index is -0.357. The van der Waals surface area contributed by atoms with Crippen molar-refractivity contribution in [3.05, 3.63) is 59.1 Å². The van der Waals surface area contributed by atoms with Crippen molar-refractivity contribution in [3.8, 4) is 11.6 Å². The highest BCUT2D eigenvalue weighted by Crippen LogP contribution is 2.18. The van der Waals surface area contributed by atoms with Crippen molar-refractivity contribution in [1.29, 1.82) is 0 Å². The molecule has 0 atom stereocenters. The van der Waals surface area contributed by atoms with Crippen LogP contribution in [-0.2, 0) is 6.61 Å². The number of amides is 1. The molecule has 0 radical (unpaired) electrons. The van der Waals surface area contributed by atoms with Gasteiger partial charge >= 0.3 is 0 Å². The lowest BCUT2D eigenvalue weighted by atomic mass is 10.2. The SMILES string of the molecule is COc1ccnc(NNC(=O)c2cccc(OCc3c(C)noc3C)c2)n1. The van der Waals surface area contributed by atoms with E-state index in [1.807, 2.05) is 13.8 Å². The Labute approximate surface area is 155 Å². The molecule has 3 rings (SSSR count). The number of aryl methyl sites for hydroxylation is 2. The van der Waals surface area contributed by atoms with Crippen molar-refractivity contribution in [2.75, 3.05) is 12.5 Å². The standard InChI is InChI=1S/C18H19N5O4/c1-11-15(12(2)27-23-11)10-26-14-6-4-5-13(9-14)17(24)21-22-18-19-8-7-16(20-18)25-3/h4-9H,10H2,1-3H3,(H,21,24)(H,19,20,22). The number of hydrazine groups is 1. The van der Waals surface area contributed by atoms with Crippen LogP contribution >= 0.6 is 0 Å². The van der Waals surface area contributed by atoms with Crippen LogP contribution < -0.4 is 20.3 Å². The normalized spacial score (nSPS) is 10.3. The monoisotopic (exact) mass is 369 g/mol. The van der Waals surface area contributed by atoms with E-state index in [1.54, 1.807) is 30.3 Å². The number of nitrogens with one attached hydrogen (secondary N) is 2. The summed E-state index contributed by atoms with van der Waals surface area (Å²) in [6, 6.07) is 8.42. The van der Waals surface area contributed by atoms with E-state index < -0.39 is 0 Å². The van der Waals surface area contributed by atoms with Crippen LogP contribution in [0.5, 0.6) is 11.6 Å². The van der Waals surface area contributed by atoms with E-state index in [2.05, 4.69) is 26.0 Å². The van der Waals surface area contributed by atoms with E-state index in [0.29, 0.717) is 29.6 Å². The lowest BCUT2D eigenvalue weighted by molar-refractivity contribution is 0.0961. The van der Waals surface area contributed by atoms with E-state index in [0.717, 1.165) is 11.3 Å². The van der Waals surface area contributed by atoms with Crippen LogP contribution in [-0.4, -0.2) is 28.1 Å². The largest absolute Gasteiger partial charge is 0.489 e. The maximum Gasteiger partial charge on any atom is 0.269 e. The Kier molecular flexibility index (Phi) is 5.50. The molecule has 3 aromatic rings. The number of hydrogen-bond acceptors (Lipinski definition) is 8. The summed E-state index contributed by atoms with van der Waals surface area (Å²) in [5.74, 6) is 1.51. The van der Waals surface area contributed by atoms with Crippen LogP contribution in [0, 0.1) is 13.8 Å². The Bertz CT molecular complexity index is 922. The molecule has 1 aromatic carbocycles. The van der Waals surface area contributed by atoms with E-state index in [4.69, 9.17) is 14.0 Å². The highest BCUT2D eigenvalue weighted by atomic mass is 16.5. The number of rotatable bonds is 7. The van der Waals surface area contributed by atoms with Gasteiger partial charge in [0.15, 0.2) is 0 Å². The van der Waals surface area contributed by atoms with Gasteiger partial charge in [-0.1, -0.05) is 11.2 Å². The molecule has 9 nitrogen and oxygen atoms in total. The average Bonchev–Trinajstić information content (AvgIpc) is 3.02. The summed E-state index contributed by atoms with van der Waals surface area (Å²) in [4.78, 5) is 20.4. The first-order valence-corrected chi connectivity index (χ1v) is 8.15. The number of ether oxygens (including phenoxy) is 2. The van der Waals surface area contributed by atoms with Gasteiger partial charge in [0.1, 0.15) is 18.1 Å². The molecule has 0 aliphatic rings. The van der Waals surface area contributed by atoms with Gasteiger partial charge in [-0.2, -0.15) is 4.98 Å². The molecule has 2 N–H and O–H groups in total. The van der Waals surface area contributed by atoms with Crippen LogP contribution in [0.25, 0.3) is 0 Å². The smallest absolute Gasteiger partial charge is 0.269 e. The maximum atomic E-state index is 12.3. The average molecular weight is 369 g/mol. The molecule has 9 heteroatoms. The van der Waals surface area contributed by atoms with Crippen LogP contribution in [0.1, 0.15) is 27.4 Å². The molecule has 2 aromatic heterocycles. The molecule has 0 spiro atoms. The minimum absolute atomic E-state index is 0.216. The Morgan fingerprint density at radius 2 is 2.11 bits per heavy atom. The molecule has 0 bridgehead atoms. The minimum Gasteiger partial charge on any atom is -0.489 e. The van der Waals surface area contributed by atoms with Crippen molar-refractivity contribution < 1.29 is 18.8 Å². The number of anilines is 1. The fourth-order valence-electron chi connectivity index (χ4n) is 2.29. The molecule has 1 amide bonds. The van der Waals surface area contributed by atoms with Gasteiger partial charge in [0.25, 0.3) is 5.91 Å². The molecule has 140 valence electrons. The third kappa shape index (κ3) is 4.51. The van der Waals surface area contributed by atoms with Gasteiger partial charge < -0.3 is 14.0 Å². The highest BCUT2D eigenvalue weighted by molar-refractivity contribution is 5.95. The Morgan fingerprint density at radius 1 is 1.26 bits per heavy atom. The quantitative estimate of drug-likeness (QED) is 0.611. The number of nitrogens with zero attached hydrogens (tertiary/aromatic N) is 3. The zero-order chi connectivity index (χ0) is 19.2. The summed E-state index contributed by atoms with van der Waals surface area (Å²) in [5.41, 5.74) is 7.26. The second-order valence-electron chi connectivity index (χ2n) is 5.62. The van der Waals surface area contributed by atoms with Crippen molar-refractivity contribution in [3.63, 3.8) is 0 Å². The lowest BCUT2D eigenvalue weighted by Crippen LogP contribution is -2.30. The van der Waals surface area contributed by atoms with Crippen LogP contribution in [0.15, 0.2) is 41.1 Å². The zero-order valence-electron chi connectivity index (χ0n) is 15.1. The first-order chi connectivity index (χ1) is 13.1.